The summed E-state index contributed by atoms with van der Waals surface area (Å²) in [6.45, 7) is 13.6. The van der Waals surface area contributed by atoms with E-state index in [9.17, 15) is 0 Å². The third-order valence-electron chi connectivity index (χ3n) is 3.84. The molecule has 2 atom stereocenters. The van der Waals surface area contributed by atoms with Crippen molar-refractivity contribution in [1.82, 2.24) is 5.32 Å². The van der Waals surface area contributed by atoms with Crippen molar-refractivity contribution >= 4 is 5.69 Å². The van der Waals surface area contributed by atoms with Crippen LogP contribution < -0.4 is 10.2 Å². The molecule has 19 heavy (non-hydrogen) atoms. The summed E-state index contributed by atoms with van der Waals surface area (Å²) >= 11 is 0. The molecule has 2 nitrogen and oxygen atoms in total. The summed E-state index contributed by atoms with van der Waals surface area (Å²) < 4.78 is 0. The number of anilines is 1. The van der Waals surface area contributed by atoms with Crippen molar-refractivity contribution in [2.45, 2.75) is 52.6 Å². The number of hydrogen-bond donors (Lipinski definition) is 1. The zero-order valence-corrected chi connectivity index (χ0v) is 13.0. The van der Waals surface area contributed by atoms with Crippen LogP contribution in [0.2, 0.25) is 0 Å². The lowest BCUT2D eigenvalue weighted by atomic mass is 9.93. The van der Waals surface area contributed by atoms with E-state index >= 15 is 0 Å². The van der Waals surface area contributed by atoms with Crippen LogP contribution in [-0.2, 0) is 6.42 Å². The van der Waals surface area contributed by atoms with Crippen LogP contribution in [0.5, 0.6) is 0 Å². The Bertz CT molecular complexity index is 420. The summed E-state index contributed by atoms with van der Waals surface area (Å²) in [7, 11) is 0. The van der Waals surface area contributed by atoms with E-state index in [-0.39, 0.29) is 5.54 Å². The molecule has 0 aliphatic carbocycles. The molecule has 1 heterocycles. The van der Waals surface area contributed by atoms with Crippen molar-refractivity contribution < 1.29 is 0 Å². The molecule has 1 aliphatic rings. The Kier molecular flexibility index (Phi) is 4.19. The first kappa shape index (κ1) is 14.4. The summed E-state index contributed by atoms with van der Waals surface area (Å²) in [5, 5.41) is 3.62. The molecule has 0 saturated heterocycles. The number of nitrogens with zero attached hydrogens (tertiary/aromatic N) is 1. The highest BCUT2D eigenvalue weighted by molar-refractivity contribution is 5.56. The van der Waals surface area contributed by atoms with Crippen LogP contribution in [0.15, 0.2) is 24.3 Å². The van der Waals surface area contributed by atoms with Crippen molar-refractivity contribution in [3.05, 3.63) is 29.8 Å². The molecular formula is C17H28N2. The Morgan fingerprint density at radius 3 is 2.68 bits per heavy atom. The fourth-order valence-corrected chi connectivity index (χ4v) is 2.82. The molecule has 1 aliphatic heterocycles. The SMILES string of the molecule is CC1Cc2ccccc2N(C(C)CNC(C)(C)C)C1. The lowest BCUT2D eigenvalue weighted by molar-refractivity contribution is 0.393. The van der Waals surface area contributed by atoms with Gasteiger partial charge in [-0.2, -0.15) is 0 Å². The first-order chi connectivity index (χ1) is 8.87. The molecule has 106 valence electrons. The smallest absolute Gasteiger partial charge is 0.0401 e. The van der Waals surface area contributed by atoms with Crippen LogP contribution in [-0.4, -0.2) is 24.7 Å². The minimum atomic E-state index is 0.190. The van der Waals surface area contributed by atoms with E-state index in [0.717, 1.165) is 12.5 Å². The summed E-state index contributed by atoms with van der Waals surface area (Å²) in [4.78, 5) is 2.57. The minimum Gasteiger partial charge on any atom is -0.367 e. The maximum atomic E-state index is 3.62. The van der Waals surface area contributed by atoms with Crippen molar-refractivity contribution in [1.29, 1.82) is 0 Å². The van der Waals surface area contributed by atoms with E-state index in [1.54, 1.807) is 0 Å². The summed E-state index contributed by atoms with van der Waals surface area (Å²) in [5.41, 5.74) is 3.13. The number of nitrogens with one attached hydrogen (secondary N) is 1. The Labute approximate surface area is 118 Å². The molecule has 2 rings (SSSR count). The van der Waals surface area contributed by atoms with Crippen molar-refractivity contribution in [3.8, 4) is 0 Å². The van der Waals surface area contributed by atoms with Gasteiger partial charge in [-0.15, -0.1) is 0 Å². The summed E-state index contributed by atoms with van der Waals surface area (Å²) in [5.74, 6) is 0.743. The topological polar surface area (TPSA) is 15.3 Å². The molecule has 2 unspecified atom stereocenters. The maximum absolute atomic E-state index is 3.62. The third-order valence-corrected chi connectivity index (χ3v) is 3.84. The number of fused-ring (bicyclic) bond motifs is 1. The second-order valence-electron chi connectivity index (χ2n) is 7.07. The Morgan fingerprint density at radius 2 is 2.00 bits per heavy atom. The second-order valence-corrected chi connectivity index (χ2v) is 7.07. The van der Waals surface area contributed by atoms with Crippen LogP contribution in [0, 0.1) is 5.92 Å². The monoisotopic (exact) mass is 260 g/mol. The number of benzene rings is 1. The van der Waals surface area contributed by atoms with Crippen molar-refractivity contribution in [2.75, 3.05) is 18.0 Å². The molecule has 0 spiro atoms. The average Bonchev–Trinajstić information content (AvgIpc) is 2.34. The van der Waals surface area contributed by atoms with E-state index < -0.39 is 0 Å². The molecule has 0 bridgehead atoms. The van der Waals surface area contributed by atoms with Gasteiger partial charge in [-0.1, -0.05) is 25.1 Å². The molecule has 1 N–H and O–H groups in total. The van der Waals surface area contributed by atoms with Gasteiger partial charge in [-0.25, -0.2) is 0 Å². The second kappa shape index (κ2) is 5.54. The minimum absolute atomic E-state index is 0.190. The van der Waals surface area contributed by atoms with Gasteiger partial charge in [0.2, 0.25) is 0 Å². The highest BCUT2D eigenvalue weighted by atomic mass is 15.2. The van der Waals surface area contributed by atoms with Gasteiger partial charge in [0.1, 0.15) is 0 Å². The first-order valence-corrected chi connectivity index (χ1v) is 7.46. The molecule has 0 radical (unpaired) electrons. The largest absolute Gasteiger partial charge is 0.367 e. The molecular weight excluding hydrogens is 232 g/mol. The lowest BCUT2D eigenvalue weighted by Crippen LogP contribution is -2.49. The Balaban J connectivity index is 2.11. The molecule has 0 saturated carbocycles. The van der Waals surface area contributed by atoms with Gasteiger partial charge < -0.3 is 10.2 Å². The van der Waals surface area contributed by atoms with E-state index in [4.69, 9.17) is 0 Å². The predicted octanol–water partition coefficient (Wildman–Crippen LogP) is 3.46. The lowest BCUT2D eigenvalue weighted by Gasteiger charge is -2.40. The van der Waals surface area contributed by atoms with Crippen molar-refractivity contribution in [2.24, 2.45) is 5.92 Å². The summed E-state index contributed by atoms with van der Waals surface area (Å²) in [6, 6.07) is 9.40. The van der Waals surface area contributed by atoms with Gasteiger partial charge in [0.25, 0.3) is 0 Å². The van der Waals surface area contributed by atoms with Gasteiger partial charge in [-0.05, 0) is 51.7 Å². The molecule has 0 fully saturated rings. The van der Waals surface area contributed by atoms with Gasteiger partial charge in [0.15, 0.2) is 0 Å². The summed E-state index contributed by atoms with van der Waals surface area (Å²) in [6.07, 6.45) is 1.21. The standard InChI is InChI=1S/C17H28N2/c1-13-10-15-8-6-7-9-16(15)19(12-13)14(2)11-18-17(3,4)5/h6-9,13-14,18H,10-12H2,1-5H3. The van der Waals surface area contributed by atoms with Crippen molar-refractivity contribution in [3.63, 3.8) is 0 Å². The maximum Gasteiger partial charge on any atom is 0.0401 e. The van der Waals surface area contributed by atoms with Crippen LogP contribution in [0.1, 0.15) is 40.2 Å². The normalized spacial score (nSPS) is 21.1. The first-order valence-electron chi connectivity index (χ1n) is 7.46. The zero-order chi connectivity index (χ0) is 14.0. The quantitative estimate of drug-likeness (QED) is 0.895. The van der Waals surface area contributed by atoms with Crippen LogP contribution >= 0.6 is 0 Å². The van der Waals surface area contributed by atoms with Gasteiger partial charge in [0.05, 0.1) is 0 Å². The predicted molar refractivity (Wildman–Crippen MR) is 83.9 cm³/mol. The average molecular weight is 260 g/mol. The Morgan fingerprint density at radius 1 is 1.32 bits per heavy atom. The van der Waals surface area contributed by atoms with E-state index in [2.05, 4.69) is 69.1 Å². The van der Waals surface area contributed by atoms with E-state index in [1.807, 2.05) is 0 Å². The van der Waals surface area contributed by atoms with Gasteiger partial charge >= 0.3 is 0 Å². The molecule has 2 heteroatoms. The fraction of sp³-hybridized carbons (Fsp3) is 0.647. The van der Waals surface area contributed by atoms with E-state index in [1.165, 1.54) is 24.2 Å². The highest BCUT2D eigenvalue weighted by Crippen LogP contribution is 2.30. The number of rotatable bonds is 3. The third kappa shape index (κ3) is 3.73. The Hall–Kier alpha value is -1.02. The van der Waals surface area contributed by atoms with Gasteiger partial charge in [0, 0.05) is 30.4 Å². The molecule has 0 aromatic heterocycles. The number of para-hydroxylation sites is 1. The van der Waals surface area contributed by atoms with Crippen LogP contribution in [0.3, 0.4) is 0 Å². The highest BCUT2D eigenvalue weighted by Gasteiger charge is 2.25. The van der Waals surface area contributed by atoms with Crippen LogP contribution in [0.4, 0.5) is 5.69 Å². The molecule has 0 amide bonds. The zero-order valence-electron chi connectivity index (χ0n) is 13.0. The van der Waals surface area contributed by atoms with Crippen LogP contribution in [0.25, 0.3) is 0 Å². The molecule has 1 aromatic rings. The van der Waals surface area contributed by atoms with E-state index in [0.29, 0.717) is 6.04 Å². The number of hydrogen-bond acceptors (Lipinski definition) is 2. The fourth-order valence-electron chi connectivity index (χ4n) is 2.82. The molecule has 1 aromatic carbocycles. The van der Waals surface area contributed by atoms with Gasteiger partial charge in [-0.3, -0.25) is 0 Å².